The van der Waals surface area contributed by atoms with Gasteiger partial charge in [0.2, 0.25) is 0 Å². The number of rotatable bonds is 2. The maximum atomic E-state index is 8.57. The summed E-state index contributed by atoms with van der Waals surface area (Å²) < 4.78 is 28.7. The van der Waals surface area contributed by atoms with Crippen molar-refractivity contribution in [1.29, 1.82) is 0 Å². The van der Waals surface area contributed by atoms with Crippen LogP contribution in [0, 0.1) is 7.14 Å². The van der Waals surface area contributed by atoms with Crippen LogP contribution in [0.2, 0.25) is 0 Å². The van der Waals surface area contributed by atoms with E-state index < -0.39 is 21.1 Å². The molecule has 0 aliphatic carbocycles. The second kappa shape index (κ2) is 8.81. The molecule has 2 aromatic rings. The molecule has 0 fully saturated rings. The van der Waals surface area contributed by atoms with Gasteiger partial charge < -0.3 is 10.3 Å². The van der Waals surface area contributed by atoms with E-state index in [1.165, 1.54) is 7.14 Å². The highest BCUT2D eigenvalue weighted by molar-refractivity contribution is 5.02. The van der Waals surface area contributed by atoms with Crippen LogP contribution in [-0.4, -0.2) is 0 Å². The summed E-state index contributed by atoms with van der Waals surface area (Å²) in [5.41, 5.74) is 0. The molecule has 0 N–H and O–H groups in total. The molecule has 0 saturated heterocycles. The zero-order valence-electron chi connectivity index (χ0n) is 8.75. The molecule has 0 heterocycles. The van der Waals surface area contributed by atoms with Crippen LogP contribution in [0.4, 0.5) is 0 Å². The fourth-order valence-corrected chi connectivity index (χ4v) is 3.35. The topological polar surface area (TPSA) is 69.2 Å². The molecule has 0 saturated carbocycles. The molecule has 0 radical (unpaired) electrons. The molecular weight excluding hydrogens is 446 g/mol. The van der Waals surface area contributed by atoms with Crippen molar-refractivity contribution in [2.45, 2.75) is 0 Å². The average Bonchev–Trinajstić information content (AvgIpc) is 2.31. The van der Waals surface area contributed by atoms with E-state index in [0.29, 0.717) is 0 Å². The predicted octanol–water partition coefficient (Wildman–Crippen LogP) is -6.75. The highest BCUT2D eigenvalue weighted by Crippen LogP contribution is 1.85. The Morgan fingerprint density at radius 1 is 0.647 bits per heavy atom. The maximum absolute atomic E-state index is 8.57. The Labute approximate surface area is 119 Å². The predicted molar refractivity (Wildman–Crippen MR) is 50.3 cm³/mol. The van der Waals surface area contributed by atoms with Crippen molar-refractivity contribution >= 4 is 0 Å². The van der Waals surface area contributed by atoms with E-state index in [9.17, 15) is 0 Å². The lowest BCUT2D eigenvalue weighted by Crippen LogP contribution is -4.05. The Morgan fingerprint density at radius 3 is 1.24 bits per heavy atom. The van der Waals surface area contributed by atoms with Gasteiger partial charge in [-0.05, 0) is 24.3 Å². The van der Waals surface area contributed by atoms with Crippen LogP contribution in [0.5, 0.6) is 0 Å². The quantitative estimate of drug-likeness (QED) is 0.423. The summed E-state index contributed by atoms with van der Waals surface area (Å²) in [6, 6.07) is 21.4. The molecule has 3 nitrogen and oxygen atoms in total. The first-order valence-corrected chi connectivity index (χ1v) is 9.46. The molecule has 0 aromatic heterocycles. The molecule has 17 heavy (non-hydrogen) atoms. The van der Waals surface area contributed by atoms with Crippen LogP contribution in [0.3, 0.4) is 0 Å². The molecule has 0 aliphatic rings. The van der Waals surface area contributed by atoms with E-state index in [0.717, 1.165) is 0 Å². The Kier molecular flexibility index (Phi) is 7.69. The molecule has 2 aromatic carbocycles. The molecular formula is C12H10I2O3. The van der Waals surface area contributed by atoms with E-state index in [1.54, 1.807) is 0 Å². The number of benzene rings is 2. The van der Waals surface area contributed by atoms with Crippen molar-refractivity contribution < 1.29 is 52.6 Å². The Bertz CT molecular complexity index is 366. The third-order valence-corrected chi connectivity index (χ3v) is 4.37. The van der Waals surface area contributed by atoms with E-state index in [1.807, 2.05) is 0 Å². The third-order valence-electron chi connectivity index (χ3n) is 1.68. The summed E-state index contributed by atoms with van der Waals surface area (Å²) >= 11 is -3.98. The van der Waals surface area contributed by atoms with Gasteiger partial charge in [0, 0.05) is 0 Å². The zero-order chi connectivity index (χ0) is 12.5. The van der Waals surface area contributed by atoms with Gasteiger partial charge in [0.25, 0.3) is 21.1 Å². The second-order valence-corrected chi connectivity index (χ2v) is 6.98. The minimum atomic E-state index is -4.01. The summed E-state index contributed by atoms with van der Waals surface area (Å²) in [5.74, 6) is 0. The number of hydrogen-bond donors (Lipinski definition) is 0. The first-order chi connectivity index (χ1) is 8.18. The first kappa shape index (κ1) is 14.8. The molecule has 5 heteroatoms. The van der Waals surface area contributed by atoms with Crippen molar-refractivity contribution in [3.8, 4) is 0 Å². The van der Waals surface area contributed by atoms with Gasteiger partial charge in [0.05, 0.1) is 0 Å². The lowest BCUT2D eigenvalue weighted by molar-refractivity contribution is -1.73. The van der Waals surface area contributed by atoms with Crippen molar-refractivity contribution in [3.63, 3.8) is 0 Å². The van der Waals surface area contributed by atoms with Crippen molar-refractivity contribution in [2.75, 3.05) is 0 Å². The molecule has 0 spiro atoms. The van der Waals surface area contributed by atoms with Gasteiger partial charge in [0.1, 0.15) is 0 Å². The molecule has 0 amide bonds. The van der Waals surface area contributed by atoms with Gasteiger partial charge in [-0.2, -0.15) is 0 Å². The summed E-state index contributed by atoms with van der Waals surface area (Å²) in [4.78, 5) is 0. The fraction of sp³-hybridized carbons (Fsp3) is 0. The number of halogens is 2. The van der Waals surface area contributed by atoms with Crippen LogP contribution < -0.4 is 52.6 Å². The molecule has 0 atom stereocenters. The summed E-state index contributed by atoms with van der Waals surface area (Å²) in [7, 11) is 0. The maximum Gasteiger partial charge on any atom is 0.357 e. The van der Waals surface area contributed by atoms with Gasteiger partial charge in [-0.1, -0.05) is 36.4 Å². The lowest BCUT2D eigenvalue weighted by atomic mass is 10.4. The Hall–Kier alpha value is -0.220. The molecule has 0 bridgehead atoms. The fourth-order valence-electron chi connectivity index (χ4n) is 1.08. The van der Waals surface area contributed by atoms with E-state index in [-0.39, 0.29) is 21.2 Å². The van der Waals surface area contributed by atoms with Gasteiger partial charge >= 0.3 is 21.2 Å². The van der Waals surface area contributed by atoms with Gasteiger partial charge in [0.15, 0.2) is 7.14 Å². The summed E-state index contributed by atoms with van der Waals surface area (Å²) in [6.07, 6.45) is 0. The molecule has 0 unspecified atom stereocenters. The van der Waals surface area contributed by atoms with Crippen LogP contribution >= 0.6 is 0 Å². The normalized spacial score (nSPS) is 9.65. The van der Waals surface area contributed by atoms with E-state index in [4.69, 9.17) is 10.3 Å². The van der Waals surface area contributed by atoms with Gasteiger partial charge in [-0.3, -0.25) is 0 Å². The van der Waals surface area contributed by atoms with Crippen molar-refractivity contribution in [1.82, 2.24) is 0 Å². The monoisotopic (exact) mass is 456 g/mol. The smallest absolute Gasteiger partial charge is 0.357 e. The van der Waals surface area contributed by atoms with Crippen LogP contribution in [-0.2, 0) is 0 Å². The van der Waals surface area contributed by atoms with E-state index >= 15 is 0 Å². The number of hydrogen-bond acceptors (Lipinski definition) is 3. The summed E-state index contributed by atoms with van der Waals surface area (Å²) in [6.45, 7) is 0. The highest BCUT2D eigenvalue weighted by Gasteiger charge is 2.12. The summed E-state index contributed by atoms with van der Waals surface area (Å²) in [5, 5.41) is 0. The average molecular weight is 456 g/mol. The first-order valence-electron chi connectivity index (χ1n) is 4.66. The van der Waals surface area contributed by atoms with E-state index in [2.05, 4.69) is 60.7 Å². The minimum Gasteiger partial charge on any atom is -0.427 e. The van der Waals surface area contributed by atoms with Crippen molar-refractivity contribution in [3.05, 3.63) is 67.8 Å². The van der Waals surface area contributed by atoms with Crippen LogP contribution in [0.1, 0.15) is 0 Å². The van der Waals surface area contributed by atoms with Crippen molar-refractivity contribution in [2.24, 2.45) is 0 Å². The molecule has 90 valence electrons. The minimum absolute atomic E-state index is 0.0287. The molecule has 2 rings (SSSR count). The second-order valence-electron chi connectivity index (χ2n) is 2.87. The lowest BCUT2D eigenvalue weighted by Gasteiger charge is -1.84. The Balaban J connectivity index is 0.000000317. The third kappa shape index (κ3) is 7.66. The SMILES string of the molecule is [O-][I+2]([O-])[O-].c1ccc([I+]c2ccccc2)cc1. The Morgan fingerprint density at radius 2 is 0.941 bits per heavy atom. The van der Waals surface area contributed by atoms with Crippen LogP contribution in [0.25, 0.3) is 0 Å². The van der Waals surface area contributed by atoms with Gasteiger partial charge in [-0.25, -0.2) is 0 Å². The highest BCUT2D eigenvalue weighted by atomic mass is 127. The van der Waals surface area contributed by atoms with Crippen LogP contribution in [0.15, 0.2) is 60.7 Å². The molecule has 0 aliphatic heterocycles. The standard InChI is InChI=1S/C12H10I.IO3/c1-3-7-11(8-4-1)13-12-9-5-2-6-10-12;2-1(3)4/h1-10H;/q+1;-1. The largest absolute Gasteiger partial charge is 0.427 e. The zero-order valence-corrected chi connectivity index (χ0v) is 13.1. The van der Waals surface area contributed by atoms with Gasteiger partial charge in [-0.15, -0.1) is 0 Å².